The van der Waals surface area contributed by atoms with Gasteiger partial charge in [-0.15, -0.1) is 0 Å². The number of hydrogen-bond acceptors (Lipinski definition) is 5. The van der Waals surface area contributed by atoms with Gasteiger partial charge in [0, 0.05) is 22.2 Å². The number of nitrogens with zero attached hydrogens (tertiary/aromatic N) is 1. The molecule has 0 saturated carbocycles. The molecule has 1 N–H and O–H groups in total. The van der Waals surface area contributed by atoms with E-state index in [9.17, 15) is 4.79 Å². The van der Waals surface area contributed by atoms with Crippen molar-refractivity contribution in [1.82, 2.24) is 5.43 Å². The fourth-order valence-corrected chi connectivity index (χ4v) is 2.79. The third-order valence-electron chi connectivity index (χ3n) is 4.23. The van der Waals surface area contributed by atoms with Crippen LogP contribution in [0.5, 0.6) is 17.2 Å². The maximum atomic E-state index is 12.3. The molecule has 0 spiro atoms. The van der Waals surface area contributed by atoms with Crippen LogP contribution in [0.2, 0.25) is 5.02 Å². The third-order valence-corrected chi connectivity index (χ3v) is 4.59. The van der Waals surface area contributed by atoms with Crippen molar-refractivity contribution in [3.63, 3.8) is 0 Å². The van der Waals surface area contributed by atoms with Gasteiger partial charge < -0.3 is 14.2 Å². The molecule has 0 radical (unpaired) electrons. The fourth-order valence-electron chi connectivity index (χ4n) is 2.60. The van der Waals surface area contributed by atoms with Crippen LogP contribution in [0.4, 0.5) is 0 Å². The molecule has 0 atom stereocenters. The topological polar surface area (TPSA) is 69.2 Å². The van der Waals surface area contributed by atoms with Crippen LogP contribution in [0.25, 0.3) is 0 Å². The van der Waals surface area contributed by atoms with Crippen molar-refractivity contribution in [1.29, 1.82) is 0 Å². The second-order valence-electron chi connectivity index (χ2n) is 6.25. The highest BCUT2D eigenvalue weighted by Gasteiger charge is 2.09. The van der Waals surface area contributed by atoms with Crippen molar-refractivity contribution < 1.29 is 19.0 Å². The second-order valence-corrected chi connectivity index (χ2v) is 6.66. The maximum absolute atomic E-state index is 12.3. The molecule has 3 rings (SSSR count). The van der Waals surface area contributed by atoms with Crippen molar-refractivity contribution >= 4 is 23.7 Å². The van der Waals surface area contributed by atoms with E-state index >= 15 is 0 Å². The Morgan fingerprint density at radius 2 is 1.63 bits per heavy atom. The summed E-state index contributed by atoms with van der Waals surface area (Å²) in [5.74, 6) is 1.38. The van der Waals surface area contributed by atoms with Gasteiger partial charge in [0.1, 0.15) is 23.9 Å². The van der Waals surface area contributed by atoms with Crippen molar-refractivity contribution in [2.24, 2.45) is 5.10 Å². The van der Waals surface area contributed by atoms with Crippen LogP contribution in [0.3, 0.4) is 0 Å². The van der Waals surface area contributed by atoms with Crippen LogP contribution in [-0.4, -0.2) is 26.3 Å². The van der Waals surface area contributed by atoms with E-state index in [1.807, 2.05) is 48.5 Å². The zero-order chi connectivity index (χ0) is 21.3. The first-order valence-corrected chi connectivity index (χ1v) is 9.49. The third kappa shape index (κ3) is 5.75. The van der Waals surface area contributed by atoms with Crippen LogP contribution in [0, 0.1) is 0 Å². The van der Waals surface area contributed by atoms with Gasteiger partial charge in [-0.2, -0.15) is 5.10 Å². The Balaban J connectivity index is 1.56. The highest BCUT2D eigenvalue weighted by atomic mass is 35.5. The Hall–Kier alpha value is -3.51. The SMILES string of the molecule is COc1cc(OC)cc(C(=O)N/N=C/c2ccc(OCc3ccccc3Cl)cc2)c1. The summed E-state index contributed by atoms with van der Waals surface area (Å²) in [5, 5.41) is 4.67. The molecular weight excluding hydrogens is 404 g/mol. The molecule has 0 aliphatic rings. The van der Waals surface area contributed by atoms with Crippen LogP contribution in [0.1, 0.15) is 21.5 Å². The van der Waals surface area contributed by atoms with Gasteiger partial charge in [0.2, 0.25) is 0 Å². The number of methoxy groups -OCH3 is 2. The smallest absolute Gasteiger partial charge is 0.271 e. The minimum atomic E-state index is -0.372. The van der Waals surface area contributed by atoms with Crippen LogP contribution in [-0.2, 0) is 6.61 Å². The predicted octanol–water partition coefficient (Wildman–Crippen LogP) is 4.70. The zero-order valence-corrected chi connectivity index (χ0v) is 17.3. The van der Waals surface area contributed by atoms with E-state index in [0.29, 0.717) is 34.4 Å². The molecule has 30 heavy (non-hydrogen) atoms. The first-order valence-electron chi connectivity index (χ1n) is 9.12. The monoisotopic (exact) mass is 424 g/mol. The molecule has 1 amide bonds. The fraction of sp³-hybridized carbons (Fsp3) is 0.130. The number of carbonyl (C=O) groups is 1. The maximum Gasteiger partial charge on any atom is 0.271 e. The van der Waals surface area contributed by atoms with Gasteiger partial charge in [0.15, 0.2) is 0 Å². The number of ether oxygens (including phenoxy) is 3. The molecule has 6 nitrogen and oxygen atoms in total. The summed E-state index contributed by atoms with van der Waals surface area (Å²) >= 11 is 6.13. The summed E-state index contributed by atoms with van der Waals surface area (Å²) in [6.07, 6.45) is 1.55. The molecular formula is C23H21ClN2O4. The highest BCUT2D eigenvalue weighted by Crippen LogP contribution is 2.22. The summed E-state index contributed by atoms with van der Waals surface area (Å²) in [5.41, 5.74) is 4.60. The normalized spacial score (nSPS) is 10.6. The number of halogens is 1. The minimum absolute atomic E-state index is 0.372. The molecule has 3 aromatic carbocycles. The molecule has 0 aromatic heterocycles. The first-order chi connectivity index (χ1) is 14.6. The predicted molar refractivity (Wildman–Crippen MR) is 117 cm³/mol. The lowest BCUT2D eigenvalue weighted by Gasteiger charge is -2.08. The quantitative estimate of drug-likeness (QED) is 0.420. The van der Waals surface area contributed by atoms with Crippen molar-refractivity contribution in [3.05, 3.63) is 88.4 Å². The Labute approximate surface area is 180 Å². The molecule has 0 heterocycles. The lowest BCUT2D eigenvalue weighted by atomic mass is 10.2. The summed E-state index contributed by atoms with van der Waals surface area (Å²) < 4.78 is 16.1. The summed E-state index contributed by atoms with van der Waals surface area (Å²) in [4.78, 5) is 12.3. The molecule has 0 saturated heterocycles. The molecule has 3 aromatic rings. The van der Waals surface area contributed by atoms with E-state index in [1.165, 1.54) is 14.2 Å². The molecule has 0 aliphatic carbocycles. The van der Waals surface area contributed by atoms with Crippen LogP contribution in [0.15, 0.2) is 71.8 Å². The van der Waals surface area contributed by atoms with E-state index in [1.54, 1.807) is 24.4 Å². The number of benzene rings is 3. The van der Waals surface area contributed by atoms with Crippen LogP contribution < -0.4 is 19.6 Å². The Kier molecular flexibility index (Phi) is 7.29. The number of hydrazone groups is 1. The van der Waals surface area contributed by atoms with Gasteiger partial charge >= 0.3 is 0 Å². The molecule has 7 heteroatoms. The van der Waals surface area contributed by atoms with E-state index in [2.05, 4.69) is 10.5 Å². The van der Waals surface area contributed by atoms with Crippen molar-refractivity contribution in [3.8, 4) is 17.2 Å². The van der Waals surface area contributed by atoms with Crippen molar-refractivity contribution in [2.45, 2.75) is 6.61 Å². The standard InChI is InChI=1S/C23H21ClN2O4/c1-28-20-11-18(12-21(13-20)29-2)23(27)26-25-14-16-7-9-19(10-8-16)30-15-17-5-3-4-6-22(17)24/h3-14H,15H2,1-2H3,(H,26,27)/b25-14+. The summed E-state index contributed by atoms with van der Waals surface area (Å²) in [6, 6.07) is 19.8. The van der Waals surface area contributed by atoms with Gasteiger partial charge in [-0.25, -0.2) is 5.43 Å². The Bertz CT molecular complexity index is 1010. The number of hydrogen-bond donors (Lipinski definition) is 1. The van der Waals surface area contributed by atoms with Gasteiger partial charge in [0.05, 0.1) is 20.4 Å². The van der Waals surface area contributed by atoms with E-state index in [4.69, 9.17) is 25.8 Å². The molecule has 154 valence electrons. The largest absolute Gasteiger partial charge is 0.497 e. The summed E-state index contributed by atoms with van der Waals surface area (Å²) in [6.45, 7) is 0.382. The van der Waals surface area contributed by atoms with Crippen molar-refractivity contribution in [2.75, 3.05) is 14.2 Å². The van der Waals surface area contributed by atoms with Crippen LogP contribution >= 0.6 is 11.6 Å². The lowest BCUT2D eigenvalue weighted by molar-refractivity contribution is 0.0954. The first kappa shape index (κ1) is 21.2. The van der Waals surface area contributed by atoms with Gasteiger partial charge in [-0.05, 0) is 48.0 Å². The Morgan fingerprint density at radius 3 is 2.27 bits per heavy atom. The second kappa shape index (κ2) is 10.3. The average Bonchev–Trinajstić information content (AvgIpc) is 2.79. The zero-order valence-electron chi connectivity index (χ0n) is 16.6. The number of rotatable bonds is 8. The number of nitrogens with one attached hydrogen (secondary N) is 1. The summed E-state index contributed by atoms with van der Waals surface area (Å²) in [7, 11) is 3.05. The molecule has 0 aliphatic heterocycles. The lowest BCUT2D eigenvalue weighted by Crippen LogP contribution is -2.17. The van der Waals surface area contributed by atoms with E-state index in [0.717, 1.165) is 11.1 Å². The minimum Gasteiger partial charge on any atom is -0.497 e. The Morgan fingerprint density at radius 1 is 0.967 bits per heavy atom. The average molecular weight is 425 g/mol. The van der Waals surface area contributed by atoms with E-state index in [-0.39, 0.29) is 5.91 Å². The highest BCUT2D eigenvalue weighted by molar-refractivity contribution is 6.31. The van der Waals surface area contributed by atoms with Gasteiger partial charge in [-0.3, -0.25) is 4.79 Å². The number of carbonyl (C=O) groups excluding carboxylic acids is 1. The number of amides is 1. The van der Waals surface area contributed by atoms with E-state index < -0.39 is 0 Å². The molecule has 0 bridgehead atoms. The van der Waals surface area contributed by atoms with Gasteiger partial charge in [0.25, 0.3) is 5.91 Å². The molecule has 0 unspecified atom stereocenters. The molecule has 0 fully saturated rings. The van der Waals surface area contributed by atoms with Gasteiger partial charge in [-0.1, -0.05) is 29.8 Å².